The number of rotatable bonds is 1. The van der Waals surface area contributed by atoms with Gasteiger partial charge < -0.3 is 4.74 Å². The number of nitrogens with two attached hydrogens (primary N) is 1. The van der Waals surface area contributed by atoms with Crippen LogP contribution in [0.2, 0.25) is 0 Å². The lowest BCUT2D eigenvalue weighted by molar-refractivity contribution is -0.155. The molecule has 4 heteroatoms. The van der Waals surface area contributed by atoms with Crippen molar-refractivity contribution in [3.05, 3.63) is 0 Å². The summed E-state index contributed by atoms with van der Waals surface area (Å²) in [6.07, 6.45) is 2.63. The zero-order chi connectivity index (χ0) is 8.48. The Balaban J connectivity index is 2.58. The lowest BCUT2D eigenvalue weighted by Gasteiger charge is -2.27. The number of esters is 1. The monoisotopic (exact) mass is 175 g/mol. The van der Waals surface area contributed by atoms with Crippen LogP contribution in [0.25, 0.3) is 0 Å². The van der Waals surface area contributed by atoms with Crippen molar-refractivity contribution in [3.63, 3.8) is 0 Å². The topological polar surface area (TPSA) is 52.3 Å². The molecule has 2 N–H and O–H groups in total. The van der Waals surface area contributed by atoms with Gasteiger partial charge in [0.2, 0.25) is 0 Å². The molecule has 0 heterocycles. The molecule has 11 heavy (non-hydrogen) atoms. The van der Waals surface area contributed by atoms with Gasteiger partial charge in [-0.3, -0.25) is 10.5 Å². The molecule has 3 nitrogen and oxygen atoms in total. The maximum absolute atomic E-state index is 10.6. The van der Waals surface area contributed by atoms with Gasteiger partial charge in [-0.1, -0.05) is 0 Å². The molecule has 0 aromatic carbocycles. The second-order valence-electron chi connectivity index (χ2n) is 2.96. The Morgan fingerprint density at radius 1 is 1.82 bits per heavy atom. The zero-order valence-electron chi connectivity index (χ0n) is 6.54. The molecule has 1 saturated carbocycles. The van der Waals surface area contributed by atoms with Crippen molar-refractivity contribution in [2.45, 2.75) is 37.2 Å². The third kappa shape index (κ3) is 1.87. The number of carbonyl (C=O) groups is 1. The molecule has 0 radical (unpaired) electrons. The van der Waals surface area contributed by atoms with Gasteiger partial charge in [-0.2, -0.15) is 12.6 Å². The molecule has 0 aliphatic heterocycles. The summed E-state index contributed by atoms with van der Waals surface area (Å²) < 4.78 is 4.97. The Labute approximate surface area is 71.7 Å². The summed E-state index contributed by atoms with van der Waals surface area (Å²) >= 11 is 4.25. The molecule has 2 unspecified atom stereocenters. The zero-order valence-corrected chi connectivity index (χ0v) is 7.43. The van der Waals surface area contributed by atoms with Gasteiger partial charge in [0.15, 0.2) is 5.72 Å². The number of thiol groups is 1. The minimum atomic E-state index is -0.811. The van der Waals surface area contributed by atoms with Crippen molar-refractivity contribution in [3.8, 4) is 0 Å². The van der Waals surface area contributed by atoms with Crippen LogP contribution in [-0.2, 0) is 9.53 Å². The number of ether oxygens (including phenoxy) is 1. The second-order valence-corrected chi connectivity index (χ2v) is 3.58. The molecular weight excluding hydrogens is 162 g/mol. The van der Waals surface area contributed by atoms with Gasteiger partial charge in [0, 0.05) is 13.3 Å². The normalized spacial score (nSPS) is 37.2. The molecule has 0 bridgehead atoms. The summed E-state index contributed by atoms with van der Waals surface area (Å²) in [6.45, 7) is 1.37. The highest BCUT2D eigenvalue weighted by atomic mass is 32.1. The van der Waals surface area contributed by atoms with Crippen LogP contribution in [0.15, 0.2) is 0 Å². The SMILES string of the molecule is CC(=O)OC1(N)CCCC1S. The van der Waals surface area contributed by atoms with E-state index >= 15 is 0 Å². The average molecular weight is 175 g/mol. The molecule has 0 spiro atoms. The predicted molar refractivity (Wildman–Crippen MR) is 45.3 cm³/mol. The molecule has 1 aliphatic carbocycles. The molecule has 0 aromatic heterocycles. The van der Waals surface area contributed by atoms with Crippen LogP contribution in [0.4, 0.5) is 0 Å². The van der Waals surface area contributed by atoms with E-state index < -0.39 is 5.72 Å². The fourth-order valence-corrected chi connectivity index (χ4v) is 1.73. The van der Waals surface area contributed by atoms with Crippen molar-refractivity contribution in [2.75, 3.05) is 0 Å². The maximum atomic E-state index is 10.6. The van der Waals surface area contributed by atoms with E-state index in [1.165, 1.54) is 6.92 Å². The number of hydrogen-bond donors (Lipinski definition) is 2. The summed E-state index contributed by atoms with van der Waals surface area (Å²) in [5.74, 6) is -0.326. The number of hydrogen-bond acceptors (Lipinski definition) is 4. The van der Waals surface area contributed by atoms with Crippen LogP contribution in [-0.4, -0.2) is 16.9 Å². The highest BCUT2D eigenvalue weighted by Gasteiger charge is 2.40. The van der Waals surface area contributed by atoms with Gasteiger partial charge >= 0.3 is 5.97 Å². The smallest absolute Gasteiger partial charge is 0.304 e. The molecular formula is C7H13NO2S. The van der Waals surface area contributed by atoms with Gasteiger partial charge in [-0.15, -0.1) is 0 Å². The van der Waals surface area contributed by atoms with Gasteiger partial charge in [0.05, 0.1) is 5.25 Å². The Kier molecular flexibility index (Phi) is 2.44. The molecule has 1 rings (SSSR count). The second kappa shape index (κ2) is 3.03. The van der Waals surface area contributed by atoms with Gasteiger partial charge in [-0.25, -0.2) is 0 Å². The fourth-order valence-electron chi connectivity index (χ4n) is 1.37. The first kappa shape index (κ1) is 8.87. The van der Waals surface area contributed by atoms with E-state index in [1.54, 1.807) is 0 Å². The lowest BCUT2D eigenvalue weighted by atomic mass is 10.2. The minimum Gasteiger partial charge on any atom is -0.443 e. The van der Waals surface area contributed by atoms with Crippen LogP contribution < -0.4 is 5.73 Å². The molecule has 2 atom stereocenters. The predicted octanol–water partition coefficient (Wildman–Crippen LogP) is 0.687. The largest absolute Gasteiger partial charge is 0.443 e. The third-order valence-corrected chi connectivity index (χ3v) is 2.64. The Bertz CT molecular complexity index is 174. The van der Waals surface area contributed by atoms with E-state index in [2.05, 4.69) is 12.6 Å². The minimum absolute atomic E-state index is 0.00796. The summed E-state index contributed by atoms with van der Waals surface area (Å²) in [5, 5.41) is -0.00796. The van der Waals surface area contributed by atoms with Crippen molar-refractivity contribution in [1.29, 1.82) is 0 Å². The van der Waals surface area contributed by atoms with Crippen LogP contribution in [0, 0.1) is 0 Å². The summed E-state index contributed by atoms with van der Waals surface area (Å²) in [4.78, 5) is 10.6. The van der Waals surface area contributed by atoms with Crippen LogP contribution in [0.5, 0.6) is 0 Å². The highest BCUT2D eigenvalue weighted by Crippen LogP contribution is 2.32. The first-order valence-corrected chi connectivity index (χ1v) is 4.23. The van der Waals surface area contributed by atoms with Crippen molar-refractivity contribution in [1.82, 2.24) is 0 Å². The van der Waals surface area contributed by atoms with Crippen molar-refractivity contribution < 1.29 is 9.53 Å². The van der Waals surface area contributed by atoms with Crippen LogP contribution in [0.3, 0.4) is 0 Å². The van der Waals surface area contributed by atoms with Crippen LogP contribution >= 0.6 is 12.6 Å². The molecule has 1 fully saturated rings. The van der Waals surface area contributed by atoms with Gasteiger partial charge in [-0.05, 0) is 12.8 Å². The first-order valence-electron chi connectivity index (χ1n) is 3.71. The Hall–Kier alpha value is -0.220. The molecule has 0 amide bonds. The van der Waals surface area contributed by atoms with E-state index in [0.29, 0.717) is 0 Å². The molecule has 64 valence electrons. The van der Waals surface area contributed by atoms with Crippen molar-refractivity contribution in [2.24, 2.45) is 5.73 Å². The Morgan fingerprint density at radius 2 is 2.45 bits per heavy atom. The molecule has 1 aliphatic rings. The average Bonchev–Trinajstić information content (AvgIpc) is 2.11. The molecule has 0 aromatic rings. The lowest BCUT2D eigenvalue weighted by Crippen LogP contribution is -2.48. The van der Waals surface area contributed by atoms with Gasteiger partial charge in [0.25, 0.3) is 0 Å². The van der Waals surface area contributed by atoms with Gasteiger partial charge in [0.1, 0.15) is 0 Å². The standard InChI is InChI=1S/C7H13NO2S/c1-5(9)10-7(8)4-2-3-6(7)11/h6,11H,2-4,8H2,1H3. The fraction of sp³-hybridized carbons (Fsp3) is 0.857. The highest BCUT2D eigenvalue weighted by molar-refractivity contribution is 7.81. The Morgan fingerprint density at radius 3 is 2.82 bits per heavy atom. The van der Waals surface area contributed by atoms with E-state index in [-0.39, 0.29) is 11.2 Å². The molecule has 0 saturated heterocycles. The van der Waals surface area contributed by atoms with E-state index in [0.717, 1.165) is 19.3 Å². The van der Waals surface area contributed by atoms with E-state index in [1.807, 2.05) is 0 Å². The van der Waals surface area contributed by atoms with E-state index in [9.17, 15) is 4.79 Å². The quantitative estimate of drug-likeness (QED) is 0.350. The van der Waals surface area contributed by atoms with E-state index in [4.69, 9.17) is 10.5 Å². The van der Waals surface area contributed by atoms with Crippen LogP contribution in [0.1, 0.15) is 26.2 Å². The first-order chi connectivity index (χ1) is 5.04. The maximum Gasteiger partial charge on any atom is 0.304 e. The third-order valence-electron chi connectivity index (χ3n) is 1.94. The summed E-state index contributed by atoms with van der Waals surface area (Å²) in [6, 6.07) is 0. The van der Waals surface area contributed by atoms with Crippen molar-refractivity contribution >= 4 is 18.6 Å². The summed E-state index contributed by atoms with van der Waals surface area (Å²) in [7, 11) is 0. The number of carbonyl (C=O) groups excluding carboxylic acids is 1. The summed E-state index contributed by atoms with van der Waals surface area (Å²) in [5.41, 5.74) is 4.97.